The summed E-state index contributed by atoms with van der Waals surface area (Å²) in [4.78, 5) is 17.7. The lowest BCUT2D eigenvalue weighted by molar-refractivity contribution is 0.369. The van der Waals surface area contributed by atoms with Crippen molar-refractivity contribution < 1.29 is 0 Å². The van der Waals surface area contributed by atoms with Gasteiger partial charge in [-0.2, -0.15) is 0 Å². The Kier molecular flexibility index (Phi) is 6.75. The second-order valence-electron chi connectivity index (χ2n) is 6.72. The van der Waals surface area contributed by atoms with Crippen LogP contribution in [0.5, 0.6) is 0 Å². The second kappa shape index (κ2) is 9.05. The third kappa shape index (κ3) is 4.82. The summed E-state index contributed by atoms with van der Waals surface area (Å²) in [5, 5.41) is 4.42. The van der Waals surface area contributed by atoms with Gasteiger partial charge in [0, 0.05) is 62.6 Å². The predicted molar refractivity (Wildman–Crippen MR) is 120 cm³/mol. The van der Waals surface area contributed by atoms with Gasteiger partial charge in [-0.05, 0) is 30.2 Å². The van der Waals surface area contributed by atoms with Crippen LogP contribution in [0.4, 0.5) is 5.95 Å². The third-order valence-electron chi connectivity index (χ3n) is 5.01. The summed E-state index contributed by atoms with van der Waals surface area (Å²) >= 11 is 6.12. The molecule has 2 fully saturated rings. The average molecular weight is 499 g/mol. The number of nitrogens with zero attached hydrogens (tertiary/aromatic N) is 5. The van der Waals surface area contributed by atoms with Gasteiger partial charge in [0.2, 0.25) is 5.95 Å². The van der Waals surface area contributed by atoms with Crippen molar-refractivity contribution in [2.24, 2.45) is 4.99 Å². The van der Waals surface area contributed by atoms with Crippen molar-refractivity contribution in [2.75, 3.05) is 38.1 Å². The molecule has 2 heterocycles. The maximum atomic E-state index is 6.12. The molecule has 27 heavy (non-hydrogen) atoms. The number of benzene rings is 1. The van der Waals surface area contributed by atoms with Crippen molar-refractivity contribution in [2.45, 2.75) is 18.4 Å². The quantitative estimate of drug-likeness (QED) is 0.401. The fourth-order valence-electron chi connectivity index (χ4n) is 3.50. The molecule has 1 aliphatic heterocycles. The van der Waals surface area contributed by atoms with Crippen molar-refractivity contribution in [3.8, 4) is 0 Å². The van der Waals surface area contributed by atoms with E-state index in [0.29, 0.717) is 12.0 Å². The van der Waals surface area contributed by atoms with Gasteiger partial charge in [0.15, 0.2) is 5.96 Å². The van der Waals surface area contributed by atoms with Crippen LogP contribution in [0.3, 0.4) is 0 Å². The molecule has 2 aliphatic rings. The molecule has 0 bridgehead atoms. The number of hydrogen-bond acceptors (Lipinski definition) is 4. The van der Waals surface area contributed by atoms with E-state index in [4.69, 9.17) is 11.6 Å². The molecule has 4 rings (SSSR count). The highest BCUT2D eigenvalue weighted by Crippen LogP contribution is 2.41. The SMILES string of the molecule is CN=C(NC1CC1c1cccc(Cl)c1)N1CCN(c2ncccn2)CC1.I. The van der Waals surface area contributed by atoms with E-state index < -0.39 is 0 Å². The first-order chi connectivity index (χ1) is 12.7. The standard InChI is InChI=1S/C19H23ClN6.HI/c1-21-18(24-17-13-16(17)14-4-2-5-15(20)12-14)25-8-10-26(11-9-25)19-22-6-3-7-23-19;/h2-7,12,16-17H,8-11,13H2,1H3,(H,21,24);1H. The van der Waals surface area contributed by atoms with Crippen LogP contribution < -0.4 is 10.2 Å². The summed E-state index contributed by atoms with van der Waals surface area (Å²) in [6.07, 6.45) is 4.70. The Morgan fingerprint density at radius 3 is 2.56 bits per heavy atom. The van der Waals surface area contributed by atoms with E-state index in [0.717, 1.165) is 49.5 Å². The predicted octanol–water partition coefficient (Wildman–Crippen LogP) is 3.00. The molecule has 1 N–H and O–H groups in total. The van der Waals surface area contributed by atoms with Gasteiger partial charge >= 0.3 is 0 Å². The molecule has 8 heteroatoms. The van der Waals surface area contributed by atoms with Gasteiger partial charge < -0.3 is 15.1 Å². The molecule has 0 radical (unpaired) electrons. The van der Waals surface area contributed by atoms with E-state index in [-0.39, 0.29) is 24.0 Å². The van der Waals surface area contributed by atoms with Gasteiger partial charge in [0.05, 0.1) is 0 Å². The van der Waals surface area contributed by atoms with Crippen LogP contribution in [0.15, 0.2) is 47.7 Å². The summed E-state index contributed by atoms with van der Waals surface area (Å²) < 4.78 is 0. The summed E-state index contributed by atoms with van der Waals surface area (Å²) in [5.74, 6) is 2.30. The first-order valence-electron chi connectivity index (χ1n) is 9.00. The number of hydrogen-bond donors (Lipinski definition) is 1. The molecule has 1 aromatic carbocycles. The van der Waals surface area contributed by atoms with Crippen LogP contribution in [0, 0.1) is 0 Å². The highest BCUT2D eigenvalue weighted by atomic mass is 127. The fraction of sp³-hybridized carbons (Fsp3) is 0.421. The minimum absolute atomic E-state index is 0. The highest BCUT2D eigenvalue weighted by Gasteiger charge is 2.40. The van der Waals surface area contributed by atoms with Crippen LogP contribution in [0.25, 0.3) is 0 Å². The van der Waals surface area contributed by atoms with Crippen LogP contribution in [-0.4, -0.2) is 60.1 Å². The molecule has 0 amide bonds. The molecule has 1 aliphatic carbocycles. The van der Waals surface area contributed by atoms with Crippen molar-refractivity contribution >= 4 is 47.5 Å². The molecule has 2 unspecified atom stereocenters. The first-order valence-corrected chi connectivity index (χ1v) is 9.38. The minimum Gasteiger partial charge on any atom is -0.353 e. The summed E-state index contributed by atoms with van der Waals surface area (Å²) in [6.45, 7) is 3.61. The van der Waals surface area contributed by atoms with Crippen LogP contribution >= 0.6 is 35.6 Å². The number of aromatic nitrogens is 2. The van der Waals surface area contributed by atoms with E-state index in [1.807, 2.05) is 25.2 Å². The Morgan fingerprint density at radius 1 is 1.15 bits per heavy atom. The number of anilines is 1. The number of aliphatic imine (C=N–C) groups is 1. The monoisotopic (exact) mass is 498 g/mol. The summed E-state index contributed by atoms with van der Waals surface area (Å²) in [6, 6.07) is 10.4. The van der Waals surface area contributed by atoms with Gasteiger partial charge in [-0.3, -0.25) is 4.99 Å². The lowest BCUT2D eigenvalue weighted by atomic mass is 10.1. The number of nitrogens with one attached hydrogen (secondary N) is 1. The van der Waals surface area contributed by atoms with E-state index in [2.05, 4.69) is 42.2 Å². The molecule has 0 spiro atoms. The molecule has 2 aromatic rings. The molecule has 6 nitrogen and oxygen atoms in total. The van der Waals surface area contributed by atoms with Crippen LogP contribution in [0.1, 0.15) is 17.9 Å². The Labute approximate surface area is 182 Å². The normalized spacial score (nSPS) is 22.2. The summed E-state index contributed by atoms with van der Waals surface area (Å²) in [5.41, 5.74) is 1.30. The number of halogens is 2. The Balaban J connectivity index is 0.00000210. The molecule has 1 aromatic heterocycles. The zero-order valence-corrected chi connectivity index (χ0v) is 18.3. The Hall–Kier alpha value is -1.61. The highest BCUT2D eigenvalue weighted by molar-refractivity contribution is 14.0. The molecule has 1 saturated heterocycles. The molecule has 2 atom stereocenters. The topological polar surface area (TPSA) is 56.7 Å². The maximum Gasteiger partial charge on any atom is 0.225 e. The van der Waals surface area contributed by atoms with Crippen molar-refractivity contribution in [1.29, 1.82) is 0 Å². The first kappa shape index (κ1) is 20.1. The summed E-state index contributed by atoms with van der Waals surface area (Å²) in [7, 11) is 1.85. The van der Waals surface area contributed by atoms with E-state index >= 15 is 0 Å². The van der Waals surface area contributed by atoms with E-state index in [9.17, 15) is 0 Å². The minimum atomic E-state index is 0. The van der Waals surface area contributed by atoms with Gasteiger partial charge in [-0.1, -0.05) is 23.7 Å². The molecule has 144 valence electrons. The smallest absolute Gasteiger partial charge is 0.225 e. The van der Waals surface area contributed by atoms with Crippen molar-refractivity contribution in [3.05, 3.63) is 53.3 Å². The zero-order valence-electron chi connectivity index (χ0n) is 15.3. The number of piperazine rings is 1. The second-order valence-corrected chi connectivity index (χ2v) is 7.15. The number of guanidine groups is 1. The van der Waals surface area contributed by atoms with Gasteiger partial charge in [0.25, 0.3) is 0 Å². The van der Waals surface area contributed by atoms with Crippen LogP contribution in [-0.2, 0) is 0 Å². The number of rotatable bonds is 3. The lowest BCUT2D eigenvalue weighted by Gasteiger charge is -2.36. The van der Waals surface area contributed by atoms with Gasteiger partial charge in [-0.25, -0.2) is 9.97 Å². The third-order valence-corrected chi connectivity index (χ3v) is 5.24. The van der Waals surface area contributed by atoms with Gasteiger partial charge in [0.1, 0.15) is 0 Å². The van der Waals surface area contributed by atoms with Crippen molar-refractivity contribution in [3.63, 3.8) is 0 Å². The largest absolute Gasteiger partial charge is 0.353 e. The molecular weight excluding hydrogens is 475 g/mol. The maximum absolute atomic E-state index is 6.12. The van der Waals surface area contributed by atoms with Gasteiger partial charge in [-0.15, -0.1) is 24.0 Å². The van der Waals surface area contributed by atoms with Crippen LogP contribution in [0.2, 0.25) is 5.02 Å². The molecule has 1 saturated carbocycles. The van der Waals surface area contributed by atoms with E-state index in [1.165, 1.54) is 5.56 Å². The lowest BCUT2D eigenvalue weighted by Crippen LogP contribution is -2.53. The Morgan fingerprint density at radius 2 is 1.89 bits per heavy atom. The Bertz CT molecular complexity index is 779. The average Bonchev–Trinajstić information content (AvgIpc) is 3.46. The fourth-order valence-corrected chi connectivity index (χ4v) is 3.69. The molecular formula is C19H24ClIN6. The van der Waals surface area contributed by atoms with E-state index in [1.54, 1.807) is 12.4 Å². The zero-order chi connectivity index (χ0) is 17.9. The van der Waals surface area contributed by atoms with Crippen molar-refractivity contribution in [1.82, 2.24) is 20.2 Å².